The molecule has 3 aliphatic heterocycles. The molecule has 3 fully saturated rings. The normalized spacial score (nSPS) is 24.9. The molecule has 3 N–H and O–H groups in total. The lowest BCUT2D eigenvalue weighted by Crippen LogP contribution is -2.40. The Hall–Kier alpha value is -3.26. The zero-order valence-corrected chi connectivity index (χ0v) is 22.3. The van der Waals surface area contributed by atoms with Crippen molar-refractivity contribution in [2.75, 3.05) is 31.6 Å². The fraction of sp³-hybridized carbons (Fsp3) is 0.500. The van der Waals surface area contributed by atoms with E-state index in [0.29, 0.717) is 31.4 Å². The molecule has 1 amide bonds. The van der Waals surface area contributed by atoms with Crippen LogP contribution in [0.4, 0.5) is 14.6 Å². The number of H-pyrrole nitrogens is 1. The maximum absolute atomic E-state index is 14.9. The van der Waals surface area contributed by atoms with Gasteiger partial charge < -0.3 is 39.3 Å². The van der Waals surface area contributed by atoms with Gasteiger partial charge in [0.15, 0.2) is 11.8 Å². The maximum atomic E-state index is 14.9. The number of rotatable bonds is 7. The highest BCUT2D eigenvalue weighted by molar-refractivity contribution is 6.33. The summed E-state index contributed by atoms with van der Waals surface area (Å²) in [5.74, 6) is -1.26. The van der Waals surface area contributed by atoms with Crippen LogP contribution >= 0.6 is 11.6 Å². The number of hydrogen-bond donors (Lipinski definition) is 3. The van der Waals surface area contributed by atoms with Crippen molar-refractivity contribution in [3.63, 3.8) is 0 Å². The minimum absolute atomic E-state index is 0.00000909. The molecular formula is C26H28ClF2N5O6. The third-order valence-electron chi connectivity index (χ3n) is 7.39. The van der Waals surface area contributed by atoms with Crippen molar-refractivity contribution in [2.24, 2.45) is 0 Å². The van der Waals surface area contributed by atoms with E-state index in [0.717, 1.165) is 12.1 Å². The van der Waals surface area contributed by atoms with Crippen molar-refractivity contribution in [1.29, 1.82) is 0 Å². The number of halogens is 3. The Bertz CT molecular complexity index is 1390. The van der Waals surface area contributed by atoms with Gasteiger partial charge in [-0.3, -0.25) is 4.79 Å². The standard InChI is InChI=1S/C26H28ClF2N5O6/c1-12(35)34-4-2-13(3-5-34)39-14-6-17(28)15(18(29)7-14)9-30-24-16(27)8-19-25(32-24)33-26(31-19)40-21-11-38-22-20(36)10-37-23(21)22/h6-8,13,20-23,36H,2-5,9-11H2,1H3,(H2,30,31,32,33)/t20-,21-,22?,23-/m1/s1. The quantitative estimate of drug-likeness (QED) is 0.387. The summed E-state index contributed by atoms with van der Waals surface area (Å²) in [4.78, 5) is 24.9. The van der Waals surface area contributed by atoms with Crippen molar-refractivity contribution in [2.45, 2.75) is 56.8 Å². The monoisotopic (exact) mass is 579 g/mol. The Labute approximate surface area is 232 Å². The molecule has 3 aliphatic rings. The number of carbonyl (C=O) groups is 1. The number of likely N-dealkylation sites (tertiary alicyclic amines) is 1. The van der Waals surface area contributed by atoms with E-state index in [4.69, 9.17) is 30.5 Å². The number of aliphatic hydroxyl groups excluding tert-OH is 1. The molecule has 1 aromatic carbocycles. The number of imidazole rings is 1. The van der Waals surface area contributed by atoms with Crippen LogP contribution in [0.15, 0.2) is 18.2 Å². The number of amides is 1. The van der Waals surface area contributed by atoms with Gasteiger partial charge in [-0.15, -0.1) is 0 Å². The van der Waals surface area contributed by atoms with Gasteiger partial charge in [0.05, 0.1) is 23.8 Å². The van der Waals surface area contributed by atoms with Crippen LogP contribution in [-0.2, 0) is 20.8 Å². The number of aromatic nitrogens is 3. The smallest absolute Gasteiger partial charge is 0.296 e. The van der Waals surface area contributed by atoms with Crippen molar-refractivity contribution >= 4 is 34.5 Å². The Kier molecular flexibility index (Phi) is 7.38. The summed E-state index contributed by atoms with van der Waals surface area (Å²) in [6.07, 6.45) is -1.05. The predicted molar refractivity (Wildman–Crippen MR) is 138 cm³/mol. The fourth-order valence-electron chi connectivity index (χ4n) is 5.23. The van der Waals surface area contributed by atoms with Crippen LogP contribution in [0.5, 0.6) is 11.8 Å². The lowest BCUT2D eigenvalue weighted by molar-refractivity contribution is -0.130. The summed E-state index contributed by atoms with van der Waals surface area (Å²) in [6, 6.07) is 4.06. The highest BCUT2D eigenvalue weighted by atomic mass is 35.5. The average molecular weight is 580 g/mol. The molecule has 2 aromatic heterocycles. The van der Waals surface area contributed by atoms with Gasteiger partial charge in [0, 0.05) is 57.1 Å². The van der Waals surface area contributed by atoms with Crippen LogP contribution in [0.3, 0.4) is 0 Å². The van der Waals surface area contributed by atoms with Crippen molar-refractivity contribution in [3.8, 4) is 11.8 Å². The highest BCUT2D eigenvalue weighted by Gasteiger charge is 2.48. The number of nitrogens with one attached hydrogen (secondary N) is 2. The summed E-state index contributed by atoms with van der Waals surface area (Å²) in [6.45, 7) is 2.81. The first-order valence-electron chi connectivity index (χ1n) is 13.0. The summed E-state index contributed by atoms with van der Waals surface area (Å²) in [5.41, 5.74) is 0.587. The van der Waals surface area contributed by atoms with E-state index in [-0.39, 0.29) is 65.6 Å². The number of aromatic amines is 1. The van der Waals surface area contributed by atoms with Crippen molar-refractivity contribution < 1.29 is 37.6 Å². The lowest BCUT2D eigenvalue weighted by Gasteiger charge is -2.31. The fourth-order valence-corrected chi connectivity index (χ4v) is 5.45. The SMILES string of the molecule is CC(=O)N1CCC(Oc2cc(F)c(CNc3nc4nc(O[C@@H]5COC6[C@H](O)CO[C@@H]65)[nH]c4cc3Cl)c(F)c2)CC1. The minimum Gasteiger partial charge on any atom is -0.490 e. The van der Waals surface area contributed by atoms with E-state index in [1.165, 1.54) is 6.92 Å². The summed E-state index contributed by atoms with van der Waals surface area (Å²) >= 11 is 6.37. The summed E-state index contributed by atoms with van der Waals surface area (Å²) in [5, 5.41) is 13.0. The first-order chi connectivity index (χ1) is 19.2. The van der Waals surface area contributed by atoms with E-state index in [9.17, 15) is 18.7 Å². The first-order valence-corrected chi connectivity index (χ1v) is 13.4. The number of nitrogens with zero attached hydrogens (tertiary/aromatic N) is 3. The number of ether oxygens (including phenoxy) is 4. The molecule has 0 radical (unpaired) electrons. The van der Waals surface area contributed by atoms with E-state index >= 15 is 0 Å². The number of aliphatic hydroxyl groups is 1. The average Bonchev–Trinajstić information content (AvgIpc) is 3.60. The number of pyridine rings is 1. The number of anilines is 1. The Balaban J connectivity index is 1.10. The topological polar surface area (TPSA) is 131 Å². The molecule has 5 heterocycles. The number of hydrogen-bond acceptors (Lipinski definition) is 9. The van der Waals surface area contributed by atoms with Gasteiger partial charge in [-0.25, -0.2) is 13.8 Å². The molecule has 40 heavy (non-hydrogen) atoms. The van der Waals surface area contributed by atoms with Gasteiger partial charge in [0.1, 0.15) is 47.6 Å². The molecule has 4 atom stereocenters. The van der Waals surface area contributed by atoms with Crippen LogP contribution < -0.4 is 14.8 Å². The zero-order valence-electron chi connectivity index (χ0n) is 21.5. The molecular weight excluding hydrogens is 552 g/mol. The highest BCUT2D eigenvalue weighted by Crippen LogP contribution is 2.31. The van der Waals surface area contributed by atoms with E-state index in [2.05, 4.69) is 20.3 Å². The van der Waals surface area contributed by atoms with E-state index in [1.54, 1.807) is 11.0 Å². The number of carbonyl (C=O) groups excluding carboxylic acids is 1. The third-order valence-corrected chi connectivity index (χ3v) is 7.68. The van der Waals surface area contributed by atoms with Gasteiger partial charge in [-0.1, -0.05) is 11.6 Å². The van der Waals surface area contributed by atoms with Gasteiger partial charge >= 0.3 is 0 Å². The van der Waals surface area contributed by atoms with Crippen LogP contribution in [0.2, 0.25) is 5.02 Å². The molecule has 0 bridgehead atoms. The van der Waals surface area contributed by atoms with Gasteiger partial charge in [0.2, 0.25) is 5.91 Å². The third kappa shape index (κ3) is 5.38. The Morgan fingerprint density at radius 2 is 1.88 bits per heavy atom. The van der Waals surface area contributed by atoms with Gasteiger partial charge in [-0.2, -0.15) is 4.98 Å². The van der Waals surface area contributed by atoms with Gasteiger partial charge in [0.25, 0.3) is 6.01 Å². The molecule has 0 aliphatic carbocycles. The van der Waals surface area contributed by atoms with Crippen LogP contribution in [0.25, 0.3) is 11.2 Å². The Morgan fingerprint density at radius 3 is 2.60 bits per heavy atom. The number of benzene rings is 1. The van der Waals surface area contributed by atoms with Crippen molar-refractivity contribution in [1.82, 2.24) is 19.9 Å². The largest absolute Gasteiger partial charge is 0.490 e. The van der Waals surface area contributed by atoms with Gasteiger partial charge in [-0.05, 0) is 6.07 Å². The number of piperidine rings is 1. The zero-order chi connectivity index (χ0) is 28.0. The second-order valence-electron chi connectivity index (χ2n) is 10.1. The summed E-state index contributed by atoms with van der Waals surface area (Å²) < 4.78 is 52.5. The lowest BCUT2D eigenvalue weighted by atomic mass is 10.1. The summed E-state index contributed by atoms with van der Waals surface area (Å²) in [7, 11) is 0. The second kappa shape index (κ2) is 11.0. The molecule has 0 spiro atoms. The van der Waals surface area contributed by atoms with E-state index < -0.39 is 36.1 Å². The molecule has 0 saturated carbocycles. The molecule has 14 heteroatoms. The van der Waals surface area contributed by atoms with Crippen LogP contribution in [-0.4, -0.2) is 87.7 Å². The number of fused-ring (bicyclic) bond motifs is 2. The molecule has 3 saturated heterocycles. The molecule has 1 unspecified atom stereocenters. The van der Waals surface area contributed by atoms with Crippen LogP contribution in [0, 0.1) is 11.6 Å². The van der Waals surface area contributed by atoms with Crippen molar-refractivity contribution in [3.05, 3.63) is 40.4 Å². The predicted octanol–water partition coefficient (Wildman–Crippen LogP) is 2.80. The molecule has 3 aromatic rings. The first kappa shape index (κ1) is 26.9. The van der Waals surface area contributed by atoms with E-state index in [1.807, 2.05) is 0 Å². The minimum atomic E-state index is -0.771. The van der Waals surface area contributed by atoms with Crippen LogP contribution in [0.1, 0.15) is 25.3 Å². The molecule has 214 valence electrons. The maximum Gasteiger partial charge on any atom is 0.296 e. The Morgan fingerprint density at radius 1 is 1.15 bits per heavy atom. The molecule has 11 nitrogen and oxygen atoms in total. The molecule has 6 rings (SSSR count). The second-order valence-corrected chi connectivity index (χ2v) is 10.5.